The highest BCUT2D eigenvalue weighted by atomic mass is 16.5. The van der Waals surface area contributed by atoms with E-state index in [2.05, 4.69) is 5.32 Å². The number of nitrogens with zero attached hydrogens (tertiary/aromatic N) is 1. The van der Waals surface area contributed by atoms with E-state index in [-0.39, 0.29) is 0 Å². The molecule has 2 aromatic rings. The van der Waals surface area contributed by atoms with E-state index in [0.29, 0.717) is 35.8 Å². The Hall–Kier alpha value is -3.37. The minimum Gasteiger partial charge on any atom is -0.496 e. The molecule has 0 aliphatic carbocycles. The van der Waals surface area contributed by atoms with Gasteiger partial charge in [0.25, 0.3) is 5.91 Å². The summed E-state index contributed by atoms with van der Waals surface area (Å²) >= 11 is 0. The number of esters is 1. The second-order valence-corrected chi connectivity index (χ2v) is 5.48. The maximum Gasteiger partial charge on any atom is 0.338 e. The second-order valence-electron chi connectivity index (χ2n) is 5.48. The van der Waals surface area contributed by atoms with Crippen molar-refractivity contribution in [1.29, 1.82) is 5.26 Å². The molecule has 27 heavy (non-hydrogen) atoms. The van der Waals surface area contributed by atoms with Gasteiger partial charge in [-0.2, -0.15) is 5.26 Å². The van der Waals surface area contributed by atoms with Crippen LogP contribution in [0.25, 0.3) is 0 Å². The van der Waals surface area contributed by atoms with Gasteiger partial charge in [0, 0.05) is 17.9 Å². The average molecular weight is 368 g/mol. The molecule has 1 amide bonds. The van der Waals surface area contributed by atoms with Crippen LogP contribution in [0.4, 0.5) is 5.69 Å². The topological polar surface area (TPSA) is 97.6 Å². The first-order chi connectivity index (χ1) is 13.1. The van der Waals surface area contributed by atoms with Gasteiger partial charge in [0.05, 0.1) is 30.9 Å². The van der Waals surface area contributed by atoms with E-state index in [1.54, 1.807) is 42.5 Å². The van der Waals surface area contributed by atoms with Gasteiger partial charge >= 0.3 is 5.97 Å². The van der Waals surface area contributed by atoms with Crippen molar-refractivity contribution in [2.24, 2.45) is 0 Å². The lowest BCUT2D eigenvalue weighted by Crippen LogP contribution is -2.21. The van der Waals surface area contributed by atoms with E-state index in [4.69, 9.17) is 19.5 Å². The average Bonchev–Trinajstić information content (AvgIpc) is 2.70. The summed E-state index contributed by atoms with van der Waals surface area (Å²) in [6, 6.07) is 13.2. The Morgan fingerprint density at radius 2 is 1.89 bits per heavy atom. The number of anilines is 1. The van der Waals surface area contributed by atoms with Gasteiger partial charge in [-0.25, -0.2) is 4.79 Å². The van der Waals surface area contributed by atoms with Gasteiger partial charge in [0.1, 0.15) is 5.75 Å². The largest absolute Gasteiger partial charge is 0.496 e. The van der Waals surface area contributed by atoms with E-state index < -0.39 is 18.5 Å². The van der Waals surface area contributed by atoms with Crippen molar-refractivity contribution in [1.82, 2.24) is 0 Å². The molecule has 0 aliphatic heterocycles. The van der Waals surface area contributed by atoms with Crippen LogP contribution < -0.4 is 10.1 Å². The van der Waals surface area contributed by atoms with Gasteiger partial charge in [-0.3, -0.25) is 4.79 Å². The highest BCUT2D eigenvalue weighted by molar-refractivity contribution is 5.95. The van der Waals surface area contributed by atoms with Crippen molar-refractivity contribution in [3.63, 3.8) is 0 Å². The Morgan fingerprint density at radius 3 is 2.52 bits per heavy atom. The number of ether oxygens (including phenoxy) is 3. The van der Waals surface area contributed by atoms with E-state index in [9.17, 15) is 9.59 Å². The first-order valence-corrected chi connectivity index (χ1v) is 8.29. The molecule has 0 bridgehead atoms. The van der Waals surface area contributed by atoms with E-state index in [0.717, 1.165) is 5.56 Å². The van der Waals surface area contributed by atoms with Crippen LogP contribution in [-0.4, -0.2) is 32.2 Å². The Labute approximate surface area is 157 Å². The SMILES string of the molecule is CCOCc1cc(C(=O)OCC(=O)Nc2ccc(C#N)cc2)ccc1OC. The number of rotatable bonds is 8. The molecule has 2 rings (SSSR count). The molecule has 0 spiro atoms. The minimum atomic E-state index is -0.620. The van der Waals surface area contributed by atoms with Crippen LogP contribution in [0.3, 0.4) is 0 Å². The number of hydrogen-bond acceptors (Lipinski definition) is 6. The lowest BCUT2D eigenvalue weighted by Gasteiger charge is -2.11. The molecule has 0 radical (unpaired) electrons. The molecule has 0 unspecified atom stereocenters. The van der Waals surface area contributed by atoms with Crippen molar-refractivity contribution in [3.05, 3.63) is 59.2 Å². The summed E-state index contributed by atoms with van der Waals surface area (Å²) in [7, 11) is 1.54. The predicted octanol–water partition coefficient (Wildman–Crippen LogP) is 2.90. The van der Waals surface area contributed by atoms with Crippen LogP contribution in [0.15, 0.2) is 42.5 Å². The maximum atomic E-state index is 12.2. The fourth-order valence-electron chi connectivity index (χ4n) is 2.27. The van der Waals surface area contributed by atoms with Crippen LogP contribution >= 0.6 is 0 Å². The Morgan fingerprint density at radius 1 is 1.15 bits per heavy atom. The van der Waals surface area contributed by atoms with Crippen molar-refractivity contribution >= 4 is 17.6 Å². The number of hydrogen-bond donors (Lipinski definition) is 1. The smallest absolute Gasteiger partial charge is 0.338 e. The molecule has 0 atom stereocenters. The summed E-state index contributed by atoms with van der Waals surface area (Å²) in [5.41, 5.74) is 2.02. The monoisotopic (exact) mass is 368 g/mol. The van der Waals surface area contributed by atoms with Crippen molar-refractivity contribution in [2.75, 3.05) is 25.6 Å². The number of methoxy groups -OCH3 is 1. The quantitative estimate of drug-likeness (QED) is 0.720. The number of amides is 1. The molecule has 1 N–H and O–H groups in total. The standard InChI is InChI=1S/C20H20N2O5/c1-3-26-12-16-10-15(6-9-18(16)25-2)20(24)27-13-19(23)22-17-7-4-14(11-21)5-8-17/h4-10H,3,12-13H2,1-2H3,(H,22,23). The van der Waals surface area contributed by atoms with Crippen LogP contribution in [0.5, 0.6) is 5.75 Å². The van der Waals surface area contributed by atoms with Gasteiger partial charge in [-0.1, -0.05) is 0 Å². The molecule has 0 aliphatic rings. The van der Waals surface area contributed by atoms with Crippen molar-refractivity contribution in [2.45, 2.75) is 13.5 Å². The van der Waals surface area contributed by atoms with Gasteiger partial charge < -0.3 is 19.5 Å². The molecule has 7 nitrogen and oxygen atoms in total. The molecular formula is C20H20N2O5. The van der Waals surface area contributed by atoms with Crippen LogP contribution in [0.2, 0.25) is 0 Å². The highest BCUT2D eigenvalue weighted by Gasteiger charge is 2.13. The molecular weight excluding hydrogens is 348 g/mol. The van der Waals surface area contributed by atoms with Crippen LogP contribution in [0.1, 0.15) is 28.4 Å². The highest BCUT2D eigenvalue weighted by Crippen LogP contribution is 2.21. The van der Waals surface area contributed by atoms with Gasteiger partial charge in [0.15, 0.2) is 6.61 Å². The molecule has 0 aromatic heterocycles. The predicted molar refractivity (Wildman–Crippen MR) is 98.4 cm³/mol. The lowest BCUT2D eigenvalue weighted by molar-refractivity contribution is -0.119. The third-order valence-electron chi connectivity index (χ3n) is 3.61. The van der Waals surface area contributed by atoms with Gasteiger partial charge in [0.2, 0.25) is 0 Å². The molecule has 2 aromatic carbocycles. The van der Waals surface area contributed by atoms with Gasteiger partial charge in [-0.05, 0) is 49.4 Å². The Kier molecular flexibility index (Phi) is 7.35. The summed E-state index contributed by atoms with van der Waals surface area (Å²) < 4.78 is 15.7. The van der Waals surface area contributed by atoms with E-state index in [1.807, 2.05) is 13.0 Å². The zero-order valence-electron chi connectivity index (χ0n) is 15.2. The molecule has 0 fully saturated rings. The number of carbonyl (C=O) groups excluding carboxylic acids is 2. The molecule has 140 valence electrons. The summed E-state index contributed by atoms with van der Waals surface area (Å²) in [4.78, 5) is 24.1. The number of nitriles is 1. The number of benzene rings is 2. The fraction of sp³-hybridized carbons (Fsp3) is 0.250. The molecule has 7 heteroatoms. The number of carbonyl (C=O) groups is 2. The first kappa shape index (κ1) is 19.9. The summed E-state index contributed by atoms with van der Waals surface area (Å²) in [6.45, 7) is 2.29. The second kappa shape index (κ2) is 9.94. The normalized spacial score (nSPS) is 9.96. The van der Waals surface area contributed by atoms with E-state index in [1.165, 1.54) is 7.11 Å². The molecule has 0 heterocycles. The minimum absolute atomic E-state index is 0.302. The zero-order valence-corrected chi connectivity index (χ0v) is 15.2. The fourth-order valence-corrected chi connectivity index (χ4v) is 2.27. The first-order valence-electron chi connectivity index (χ1n) is 8.29. The number of nitrogens with one attached hydrogen (secondary N) is 1. The Balaban J connectivity index is 1.94. The molecule has 0 saturated heterocycles. The summed E-state index contributed by atoms with van der Waals surface area (Å²) in [5, 5.41) is 11.3. The molecule has 0 saturated carbocycles. The third kappa shape index (κ3) is 5.83. The van der Waals surface area contributed by atoms with Crippen LogP contribution in [0, 0.1) is 11.3 Å². The van der Waals surface area contributed by atoms with Crippen molar-refractivity contribution < 1.29 is 23.8 Å². The van der Waals surface area contributed by atoms with Crippen molar-refractivity contribution in [3.8, 4) is 11.8 Å². The lowest BCUT2D eigenvalue weighted by atomic mass is 10.1. The summed E-state index contributed by atoms with van der Waals surface area (Å²) in [5.74, 6) is -0.486. The van der Waals surface area contributed by atoms with Gasteiger partial charge in [-0.15, -0.1) is 0 Å². The summed E-state index contributed by atoms with van der Waals surface area (Å²) in [6.07, 6.45) is 0. The Bertz CT molecular complexity index is 840. The third-order valence-corrected chi connectivity index (χ3v) is 3.61. The van der Waals surface area contributed by atoms with E-state index >= 15 is 0 Å². The maximum absolute atomic E-state index is 12.2. The zero-order chi connectivity index (χ0) is 19.6. The van der Waals surface area contributed by atoms with Crippen LogP contribution in [-0.2, 0) is 20.9 Å².